The molecule has 2 heterocycles. The van der Waals surface area contributed by atoms with Crippen molar-refractivity contribution in [2.45, 2.75) is 0 Å². The number of hydrogen-bond acceptors (Lipinski definition) is 2. The Kier molecular flexibility index (Phi) is 4.74. The maximum Gasteiger partial charge on any atom is 0.0362 e. The minimum atomic E-state index is 1.26. The molecule has 0 amide bonds. The molecule has 0 aliphatic heterocycles. The lowest BCUT2D eigenvalue weighted by molar-refractivity contribution is 1.70. The Morgan fingerprint density at radius 1 is 0.375 bits per heavy atom. The zero-order valence-electron chi connectivity index (χ0n) is 21.5. The van der Waals surface area contributed by atoms with E-state index in [9.17, 15) is 0 Å². The highest BCUT2D eigenvalue weighted by atomic mass is 32.1. The molecule has 2 heteroatoms. The van der Waals surface area contributed by atoms with Gasteiger partial charge in [-0.1, -0.05) is 103 Å². The molecule has 0 bridgehead atoms. The van der Waals surface area contributed by atoms with Crippen LogP contribution < -0.4 is 0 Å². The average Bonchev–Trinajstić information content (AvgIpc) is 3.59. The van der Waals surface area contributed by atoms with Crippen LogP contribution in [0.1, 0.15) is 0 Å². The summed E-state index contributed by atoms with van der Waals surface area (Å²) in [7, 11) is 0. The maximum absolute atomic E-state index is 2.43. The first-order valence-electron chi connectivity index (χ1n) is 13.6. The predicted molar refractivity (Wildman–Crippen MR) is 178 cm³/mol. The molecular weight excluding hydrogens is 521 g/mol. The molecule has 0 unspecified atom stereocenters. The lowest BCUT2D eigenvalue weighted by Gasteiger charge is -2.17. The van der Waals surface area contributed by atoms with E-state index in [4.69, 9.17) is 0 Å². The summed E-state index contributed by atoms with van der Waals surface area (Å²) in [5.74, 6) is 0. The minimum absolute atomic E-state index is 1.26. The van der Waals surface area contributed by atoms with Crippen LogP contribution in [-0.4, -0.2) is 0 Å². The van der Waals surface area contributed by atoms with Gasteiger partial charge in [0.05, 0.1) is 0 Å². The third-order valence-corrected chi connectivity index (χ3v) is 10.4. The lowest BCUT2D eigenvalue weighted by atomic mass is 9.85. The van der Waals surface area contributed by atoms with Gasteiger partial charge in [-0.15, -0.1) is 22.7 Å². The Labute approximate surface area is 239 Å². The van der Waals surface area contributed by atoms with Crippen molar-refractivity contribution in [2.24, 2.45) is 0 Å². The summed E-state index contributed by atoms with van der Waals surface area (Å²) >= 11 is 3.76. The molecule has 0 saturated carbocycles. The maximum atomic E-state index is 2.43. The molecular formula is C38H22S2. The first-order chi connectivity index (χ1) is 19.8. The van der Waals surface area contributed by atoms with Gasteiger partial charge >= 0.3 is 0 Å². The van der Waals surface area contributed by atoms with Gasteiger partial charge < -0.3 is 0 Å². The lowest BCUT2D eigenvalue weighted by Crippen LogP contribution is -1.90. The van der Waals surface area contributed by atoms with Crippen LogP contribution in [0, 0.1) is 0 Å². The molecule has 2 aromatic heterocycles. The number of benzene rings is 7. The van der Waals surface area contributed by atoms with Gasteiger partial charge in [-0.05, 0) is 78.7 Å². The zero-order valence-corrected chi connectivity index (χ0v) is 23.2. The zero-order chi connectivity index (χ0) is 26.2. The second-order valence-corrected chi connectivity index (χ2v) is 12.5. The molecule has 0 saturated heterocycles. The smallest absolute Gasteiger partial charge is 0.0362 e. The van der Waals surface area contributed by atoms with Gasteiger partial charge in [0.2, 0.25) is 0 Å². The molecule has 0 atom stereocenters. The molecule has 7 aromatic carbocycles. The monoisotopic (exact) mass is 542 g/mol. The van der Waals surface area contributed by atoms with E-state index < -0.39 is 0 Å². The van der Waals surface area contributed by atoms with E-state index in [2.05, 4.69) is 133 Å². The SMILES string of the molecule is c1ccc2cc(-c3c4ccccc4c(-c4csc5cc6c(cc45)sc4ccccc46)c4ccccc34)ccc2c1. The standard InChI is InChI=1S/C38H22S2/c1-2-10-24-19-25(18-17-23(24)9-1)37-27-12-3-5-14-29(27)38(30-15-6-4-13-28(30)37)33-22-39-35-20-31-26-11-7-8-16-34(26)40-36(31)21-32(33)35/h1-22H. The third kappa shape index (κ3) is 3.18. The summed E-state index contributed by atoms with van der Waals surface area (Å²) in [5.41, 5.74) is 5.24. The third-order valence-electron chi connectivity index (χ3n) is 8.31. The number of fused-ring (bicyclic) bond motifs is 7. The first kappa shape index (κ1) is 22.3. The van der Waals surface area contributed by atoms with E-state index in [1.54, 1.807) is 0 Å². The van der Waals surface area contributed by atoms with Gasteiger partial charge in [-0.2, -0.15) is 0 Å². The normalized spacial score (nSPS) is 12.0. The van der Waals surface area contributed by atoms with Gasteiger partial charge in [-0.3, -0.25) is 0 Å². The highest BCUT2D eigenvalue weighted by molar-refractivity contribution is 7.26. The second-order valence-electron chi connectivity index (χ2n) is 10.5. The number of rotatable bonds is 2. The van der Waals surface area contributed by atoms with Crippen LogP contribution in [0.3, 0.4) is 0 Å². The highest BCUT2D eigenvalue weighted by Crippen LogP contribution is 2.48. The summed E-state index contributed by atoms with van der Waals surface area (Å²) < 4.78 is 4.06. The Morgan fingerprint density at radius 3 is 1.73 bits per heavy atom. The molecule has 0 N–H and O–H groups in total. The van der Waals surface area contributed by atoms with Crippen LogP contribution in [0.4, 0.5) is 0 Å². The van der Waals surface area contributed by atoms with Crippen molar-refractivity contribution in [1.82, 2.24) is 0 Å². The molecule has 0 fully saturated rings. The van der Waals surface area contributed by atoms with Crippen molar-refractivity contribution in [2.75, 3.05) is 0 Å². The van der Waals surface area contributed by atoms with E-state index in [0.29, 0.717) is 0 Å². The van der Waals surface area contributed by atoms with Crippen molar-refractivity contribution in [1.29, 1.82) is 0 Å². The van der Waals surface area contributed by atoms with Crippen LogP contribution in [0.25, 0.3) is 84.8 Å². The topological polar surface area (TPSA) is 0 Å². The molecule has 9 aromatic rings. The fraction of sp³-hybridized carbons (Fsp3) is 0. The Hall–Kier alpha value is -4.50. The molecule has 40 heavy (non-hydrogen) atoms. The van der Waals surface area contributed by atoms with E-state index in [1.165, 1.54) is 84.8 Å². The van der Waals surface area contributed by atoms with Crippen LogP contribution >= 0.6 is 22.7 Å². The molecule has 0 aliphatic carbocycles. The van der Waals surface area contributed by atoms with Gasteiger partial charge in [-0.25, -0.2) is 0 Å². The fourth-order valence-electron chi connectivity index (χ4n) is 6.51. The molecule has 9 rings (SSSR count). The summed E-state index contributed by atoms with van der Waals surface area (Å²) in [6, 6.07) is 47.1. The second kappa shape index (κ2) is 8.50. The van der Waals surface area contributed by atoms with Gasteiger partial charge in [0.25, 0.3) is 0 Å². The quantitative estimate of drug-likeness (QED) is 0.191. The van der Waals surface area contributed by atoms with Crippen molar-refractivity contribution in [3.8, 4) is 22.3 Å². The van der Waals surface area contributed by atoms with E-state index in [1.807, 2.05) is 22.7 Å². The van der Waals surface area contributed by atoms with Crippen molar-refractivity contribution in [3.63, 3.8) is 0 Å². The Bertz CT molecular complexity index is 2380. The minimum Gasteiger partial charge on any atom is -0.143 e. The summed E-state index contributed by atoms with van der Waals surface area (Å²) in [5, 5.41) is 14.2. The summed E-state index contributed by atoms with van der Waals surface area (Å²) in [4.78, 5) is 0. The fourth-order valence-corrected chi connectivity index (χ4v) is 8.61. The van der Waals surface area contributed by atoms with Crippen molar-refractivity contribution in [3.05, 3.63) is 133 Å². The van der Waals surface area contributed by atoms with E-state index >= 15 is 0 Å². The Morgan fingerprint density at radius 2 is 0.975 bits per heavy atom. The van der Waals surface area contributed by atoms with Crippen LogP contribution in [0.15, 0.2) is 133 Å². The van der Waals surface area contributed by atoms with Crippen molar-refractivity contribution >= 4 is 85.2 Å². The predicted octanol–water partition coefficient (Wildman–Crippen LogP) is 12.1. The van der Waals surface area contributed by atoms with E-state index in [-0.39, 0.29) is 0 Å². The first-order valence-corrected chi connectivity index (χ1v) is 15.3. The van der Waals surface area contributed by atoms with Gasteiger partial charge in [0.15, 0.2) is 0 Å². The summed E-state index contributed by atoms with van der Waals surface area (Å²) in [6.45, 7) is 0. The summed E-state index contributed by atoms with van der Waals surface area (Å²) in [6.07, 6.45) is 0. The molecule has 0 radical (unpaired) electrons. The number of thiophene rings is 2. The van der Waals surface area contributed by atoms with Crippen molar-refractivity contribution < 1.29 is 0 Å². The molecule has 0 spiro atoms. The van der Waals surface area contributed by atoms with Crippen LogP contribution in [0.2, 0.25) is 0 Å². The Balaban J connectivity index is 1.39. The van der Waals surface area contributed by atoms with Crippen LogP contribution in [0.5, 0.6) is 0 Å². The average molecular weight is 543 g/mol. The molecule has 0 nitrogen and oxygen atoms in total. The largest absolute Gasteiger partial charge is 0.143 e. The molecule has 0 aliphatic rings. The highest BCUT2D eigenvalue weighted by Gasteiger charge is 2.19. The van der Waals surface area contributed by atoms with Gasteiger partial charge in [0.1, 0.15) is 0 Å². The van der Waals surface area contributed by atoms with Crippen LogP contribution in [-0.2, 0) is 0 Å². The number of hydrogen-bond donors (Lipinski definition) is 0. The van der Waals surface area contributed by atoms with Gasteiger partial charge in [0, 0.05) is 35.8 Å². The van der Waals surface area contributed by atoms with E-state index in [0.717, 1.165) is 0 Å². The molecule has 186 valence electrons.